The van der Waals surface area contributed by atoms with Gasteiger partial charge in [0.05, 0.1) is 6.42 Å². The second kappa shape index (κ2) is 4.05. The SMILES string of the molecule is Cc1ccc(CC(=O)N(C)C2CC2)cc1. The van der Waals surface area contributed by atoms with E-state index in [0.29, 0.717) is 12.5 Å². The van der Waals surface area contributed by atoms with Crippen molar-refractivity contribution in [3.63, 3.8) is 0 Å². The lowest BCUT2D eigenvalue weighted by Crippen LogP contribution is -2.30. The van der Waals surface area contributed by atoms with Gasteiger partial charge in [0.1, 0.15) is 0 Å². The fraction of sp³-hybridized carbons (Fsp3) is 0.462. The van der Waals surface area contributed by atoms with E-state index < -0.39 is 0 Å². The first kappa shape index (κ1) is 10.2. The summed E-state index contributed by atoms with van der Waals surface area (Å²) in [5, 5.41) is 0. The number of rotatable bonds is 3. The summed E-state index contributed by atoms with van der Waals surface area (Å²) in [6.07, 6.45) is 2.89. The molecule has 0 bridgehead atoms. The van der Waals surface area contributed by atoms with Crippen LogP contribution in [-0.2, 0) is 11.2 Å². The lowest BCUT2D eigenvalue weighted by molar-refractivity contribution is -0.129. The van der Waals surface area contributed by atoms with Crippen molar-refractivity contribution in [2.45, 2.75) is 32.2 Å². The van der Waals surface area contributed by atoms with E-state index in [1.807, 2.05) is 24.1 Å². The molecular weight excluding hydrogens is 186 g/mol. The monoisotopic (exact) mass is 203 g/mol. The molecule has 0 unspecified atom stereocenters. The Bertz CT molecular complexity index is 351. The van der Waals surface area contributed by atoms with Crippen LogP contribution >= 0.6 is 0 Å². The van der Waals surface area contributed by atoms with Gasteiger partial charge in [-0.2, -0.15) is 0 Å². The Morgan fingerprint density at radius 3 is 2.47 bits per heavy atom. The number of nitrogens with zero attached hydrogens (tertiary/aromatic N) is 1. The zero-order chi connectivity index (χ0) is 10.8. The summed E-state index contributed by atoms with van der Waals surface area (Å²) >= 11 is 0. The minimum atomic E-state index is 0.237. The van der Waals surface area contributed by atoms with Gasteiger partial charge in [0.2, 0.25) is 5.91 Å². The molecule has 80 valence electrons. The predicted octanol–water partition coefficient (Wildman–Crippen LogP) is 2.16. The van der Waals surface area contributed by atoms with Gasteiger partial charge in [0.25, 0.3) is 0 Å². The van der Waals surface area contributed by atoms with Crippen LogP contribution in [0.5, 0.6) is 0 Å². The second-order valence-corrected chi connectivity index (χ2v) is 4.40. The summed E-state index contributed by atoms with van der Waals surface area (Å²) < 4.78 is 0. The van der Waals surface area contributed by atoms with Crippen LogP contribution in [0, 0.1) is 6.92 Å². The van der Waals surface area contributed by atoms with Crippen molar-refractivity contribution in [1.82, 2.24) is 4.90 Å². The Morgan fingerprint density at radius 2 is 1.93 bits per heavy atom. The van der Waals surface area contributed by atoms with Gasteiger partial charge in [-0.1, -0.05) is 29.8 Å². The van der Waals surface area contributed by atoms with E-state index in [1.165, 1.54) is 18.4 Å². The summed E-state index contributed by atoms with van der Waals surface area (Å²) in [5.41, 5.74) is 2.35. The molecule has 1 aliphatic rings. The highest BCUT2D eigenvalue weighted by molar-refractivity contribution is 5.79. The molecule has 0 N–H and O–H groups in total. The van der Waals surface area contributed by atoms with E-state index in [9.17, 15) is 4.79 Å². The number of amides is 1. The quantitative estimate of drug-likeness (QED) is 0.737. The van der Waals surface area contributed by atoms with Crippen molar-refractivity contribution >= 4 is 5.91 Å². The van der Waals surface area contributed by atoms with Crippen molar-refractivity contribution in [2.24, 2.45) is 0 Å². The van der Waals surface area contributed by atoms with Gasteiger partial charge < -0.3 is 4.90 Å². The summed E-state index contributed by atoms with van der Waals surface area (Å²) in [6.45, 7) is 2.06. The minimum absolute atomic E-state index is 0.237. The maximum Gasteiger partial charge on any atom is 0.226 e. The van der Waals surface area contributed by atoms with Crippen LogP contribution in [0.15, 0.2) is 24.3 Å². The maximum atomic E-state index is 11.8. The van der Waals surface area contributed by atoms with Gasteiger partial charge in [0, 0.05) is 13.1 Å². The van der Waals surface area contributed by atoms with Gasteiger partial charge in [-0.15, -0.1) is 0 Å². The van der Waals surface area contributed by atoms with E-state index >= 15 is 0 Å². The topological polar surface area (TPSA) is 20.3 Å². The number of carbonyl (C=O) groups excluding carboxylic acids is 1. The normalized spacial score (nSPS) is 15.1. The van der Waals surface area contributed by atoms with Crippen molar-refractivity contribution in [2.75, 3.05) is 7.05 Å². The number of benzene rings is 1. The highest BCUT2D eigenvalue weighted by atomic mass is 16.2. The number of hydrogen-bond donors (Lipinski definition) is 0. The molecular formula is C13H17NO. The van der Waals surface area contributed by atoms with Crippen LogP contribution in [0.4, 0.5) is 0 Å². The predicted molar refractivity (Wildman–Crippen MR) is 60.7 cm³/mol. The van der Waals surface area contributed by atoms with Crippen molar-refractivity contribution in [1.29, 1.82) is 0 Å². The molecule has 0 atom stereocenters. The Kier molecular flexibility index (Phi) is 2.76. The smallest absolute Gasteiger partial charge is 0.226 e. The van der Waals surface area contributed by atoms with Crippen LogP contribution in [0.25, 0.3) is 0 Å². The molecule has 0 aliphatic heterocycles. The highest BCUT2D eigenvalue weighted by Gasteiger charge is 2.29. The first-order valence-electron chi connectivity index (χ1n) is 5.48. The molecule has 0 radical (unpaired) electrons. The van der Waals surface area contributed by atoms with Gasteiger partial charge in [-0.25, -0.2) is 0 Å². The zero-order valence-electron chi connectivity index (χ0n) is 9.36. The standard InChI is InChI=1S/C13H17NO/c1-10-3-5-11(6-4-10)9-13(15)14(2)12-7-8-12/h3-6,12H,7-9H2,1-2H3. The van der Waals surface area contributed by atoms with Crippen LogP contribution in [0.2, 0.25) is 0 Å². The second-order valence-electron chi connectivity index (χ2n) is 4.40. The minimum Gasteiger partial charge on any atom is -0.342 e. The Balaban J connectivity index is 1.95. The summed E-state index contributed by atoms with van der Waals surface area (Å²) in [4.78, 5) is 13.7. The largest absolute Gasteiger partial charge is 0.342 e. The third-order valence-electron chi connectivity index (χ3n) is 2.96. The lowest BCUT2D eigenvalue weighted by atomic mass is 10.1. The number of carbonyl (C=O) groups is 1. The molecule has 0 aromatic heterocycles. The summed E-state index contributed by atoms with van der Waals surface area (Å²) in [6, 6.07) is 8.70. The molecule has 1 aliphatic carbocycles. The molecule has 2 nitrogen and oxygen atoms in total. The van der Waals surface area contributed by atoms with E-state index in [4.69, 9.17) is 0 Å². The van der Waals surface area contributed by atoms with Gasteiger partial charge >= 0.3 is 0 Å². The molecule has 1 amide bonds. The molecule has 1 aromatic carbocycles. The average molecular weight is 203 g/mol. The summed E-state index contributed by atoms with van der Waals surface area (Å²) in [5.74, 6) is 0.237. The highest BCUT2D eigenvalue weighted by Crippen LogP contribution is 2.25. The fourth-order valence-electron chi connectivity index (χ4n) is 1.67. The van der Waals surface area contributed by atoms with Crippen molar-refractivity contribution < 1.29 is 4.79 Å². The van der Waals surface area contributed by atoms with Gasteiger partial charge in [-0.3, -0.25) is 4.79 Å². The van der Waals surface area contributed by atoms with Crippen LogP contribution in [0.3, 0.4) is 0 Å². The molecule has 15 heavy (non-hydrogen) atoms. The van der Waals surface area contributed by atoms with E-state index in [-0.39, 0.29) is 5.91 Å². The molecule has 2 heteroatoms. The van der Waals surface area contributed by atoms with Gasteiger partial charge in [-0.05, 0) is 25.3 Å². The van der Waals surface area contributed by atoms with E-state index in [2.05, 4.69) is 19.1 Å². The van der Waals surface area contributed by atoms with Gasteiger partial charge in [0.15, 0.2) is 0 Å². The molecule has 0 heterocycles. The maximum absolute atomic E-state index is 11.8. The average Bonchev–Trinajstić information content (AvgIpc) is 3.04. The number of aryl methyl sites for hydroxylation is 1. The molecule has 0 saturated heterocycles. The molecule has 0 spiro atoms. The van der Waals surface area contributed by atoms with Crippen LogP contribution in [0.1, 0.15) is 24.0 Å². The molecule has 1 saturated carbocycles. The molecule has 1 fully saturated rings. The number of hydrogen-bond acceptors (Lipinski definition) is 1. The zero-order valence-corrected chi connectivity index (χ0v) is 9.36. The third kappa shape index (κ3) is 2.58. The molecule has 2 rings (SSSR count). The summed E-state index contributed by atoms with van der Waals surface area (Å²) in [7, 11) is 1.91. The first-order valence-corrected chi connectivity index (χ1v) is 5.48. The molecule has 1 aromatic rings. The third-order valence-corrected chi connectivity index (χ3v) is 2.96. The van der Waals surface area contributed by atoms with Crippen LogP contribution < -0.4 is 0 Å². The lowest BCUT2D eigenvalue weighted by Gasteiger charge is -2.16. The van der Waals surface area contributed by atoms with Crippen molar-refractivity contribution in [3.8, 4) is 0 Å². The van der Waals surface area contributed by atoms with E-state index in [0.717, 1.165) is 5.56 Å². The van der Waals surface area contributed by atoms with E-state index in [1.54, 1.807) is 0 Å². The fourth-order valence-corrected chi connectivity index (χ4v) is 1.67. The Morgan fingerprint density at radius 1 is 1.33 bits per heavy atom. The Hall–Kier alpha value is -1.31. The Labute approximate surface area is 90.9 Å². The van der Waals surface area contributed by atoms with Crippen molar-refractivity contribution in [3.05, 3.63) is 35.4 Å². The first-order chi connectivity index (χ1) is 7.16. The number of likely N-dealkylation sites (N-methyl/N-ethyl adjacent to an activating group) is 1. The van der Waals surface area contributed by atoms with Crippen LogP contribution in [-0.4, -0.2) is 23.9 Å².